The highest BCUT2D eigenvalue weighted by atomic mass is 13.8. The van der Waals surface area contributed by atoms with Crippen LogP contribution in [0.25, 0.3) is 0 Å². The lowest BCUT2D eigenvalue weighted by Crippen LogP contribution is -1.68. The quantitative estimate of drug-likeness (QED) is 0.444. The van der Waals surface area contributed by atoms with Gasteiger partial charge < -0.3 is 0 Å². The molecular weight excluding hydrogens is 120 g/mol. The highest BCUT2D eigenvalue weighted by Crippen LogP contribution is 1.98. The van der Waals surface area contributed by atoms with Crippen LogP contribution in [0.5, 0.6) is 0 Å². The monoisotopic (exact) mass is 132 g/mol. The molecule has 0 saturated carbocycles. The van der Waals surface area contributed by atoms with Gasteiger partial charge in [-0.25, -0.2) is 0 Å². The van der Waals surface area contributed by atoms with Gasteiger partial charge in [0.1, 0.15) is 0 Å². The predicted octanol–water partition coefficient (Wildman–Crippen LogP) is 2.99. The Morgan fingerprint density at radius 2 is 2.00 bits per heavy atom. The SMILES string of the molecule is C1=C/C=C/C=C\CCCC=1. The van der Waals surface area contributed by atoms with Crippen molar-refractivity contribution in [1.82, 2.24) is 0 Å². The van der Waals surface area contributed by atoms with E-state index < -0.39 is 0 Å². The second kappa shape index (κ2) is 4.84. The summed E-state index contributed by atoms with van der Waals surface area (Å²) in [6.07, 6.45) is 15.9. The Kier molecular flexibility index (Phi) is 3.44. The zero-order valence-corrected chi connectivity index (χ0v) is 6.09. The topological polar surface area (TPSA) is 0 Å². The van der Waals surface area contributed by atoms with Gasteiger partial charge in [0, 0.05) is 0 Å². The molecule has 0 aromatic rings. The highest BCUT2D eigenvalue weighted by Gasteiger charge is 1.78. The van der Waals surface area contributed by atoms with E-state index in [1.165, 1.54) is 12.8 Å². The summed E-state index contributed by atoms with van der Waals surface area (Å²) in [4.78, 5) is 0. The van der Waals surface area contributed by atoms with Crippen LogP contribution in [0.3, 0.4) is 0 Å². The second-order valence-electron chi connectivity index (χ2n) is 2.28. The summed E-state index contributed by atoms with van der Waals surface area (Å²) in [5.41, 5.74) is 3.08. The normalized spacial score (nSPS) is 24.0. The number of hydrogen-bond acceptors (Lipinski definition) is 0. The van der Waals surface area contributed by atoms with E-state index in [0.29, 0.717) is 0 Å². The van der Waals surface area contributed by atoms with Gasteiger partial charge in [-0.1, -0.05) is 24.3 Å². The molecule has 0 heteroatoms. The lowest BCUT2D eigenvalue weighted by Gasteiger charge is -1.87. The van der Waals surface area contributed by atoms with Gasteiger partial charge in [-0.05, 0) is 31.4 Å². The summed E-state index contributed by atoms with van der Waals surface area (Å²) >= 11 is 0. The molecule has 0 saturated heterocycles. The average molecular weight is 132 g/mol. The van der Waals surface area contributed by atoms with E-state index in [2.05, 4.69) is 24.0 Å². The van der Waals surface area contributed by atoms with Crippen molar-refractivity contribution < 1.29 is 0 Å². The predicted molar refractivity (Wildman–Crippen MR) is 44.8 cm³/mol. The van der Waals surface area contributed by atoms with Crippen molar-refractivity contribution in [2.45, 2.75) is 19.3 Å². The van der Waals surface area contributed by atoms with Gasteiger partial charge in [0.25, 0.3) is 0 Å². The Balaban J connectivity index is 2.55. The molecule has 1 aliphatic rings. The van der Waals surface area contributed by atoms with Gasteiger partial charge in [0.15, 0.2) is 0 Å². The van der Waals surface area contributed by atoms with E-state index in [1.54, 1.807) is 0 Å². The smallest absolute Gasteiger partial charge is 0.0203 e. The fourth-order valence-electron chi connectivity index (χ4n) is 0.839. The standard InChI is InChI=1S/C10H12/c1-2-4-6-8-10-9-7-5-3-1/h1-5,9H,6,8,10H2/b3-1+,4-2-. The van der Waals surface area contributed by atoms with Gasteiger partial charge in [-0.3, -0.25) is 0 Å². The van der Waals surface area contributed by atoms with Crippen molar-refractivity contribution in [1.29, 1.82) is 0 Å². The van der Waals surface area contributed by atoms with Crippen molar-refractivity contribution in [3.63, 3.8) is 0 Å². The Morgan fingerprint density at radius 3 is 3.00 bits per heavy atom. The van der Waals surface area contributed by atoms with Crippen molar-refractivity contribution in [3.8, 4) is 0 Å². The van der Waals surface area contributed by atoms with E-state index in [0.717, 1.165) is 6.42 Å². The zero-order valence-electron chi connectivity index (χ0n) is 6.09. The molecule has 0 heterocycles. The van der Waals surface area contributed by atoms with Crippen LogP contribution < -0.4 is 0 Å². The van der Waals surface area contributed by atoms with Crippen LogP contribution in [-0.2, 0) is 0 Å². The summed E-state index contributed by atoms with van der Waals surface area (Å²) in [5, 5.41) is 0. The van der Waals surface area contributed by atoms with Crippen molar-refractivity contribution >= 4 is 0 Å². The van der Waals surface area contributed by atoms with Gasteiger partial charge in [0.2, 0.25) is 0 Å². The van der Waals surface area contributed by atoms with Crippen molar-refractivity contribution in [2.75, 3.05) is 0 Å². The van der Waals surface area contributed by atoms with E-state index in [-0.39, 0.29) is 0 Å². The molecule has 0 fully saturated rings. The van der Waals surface area contributed by atoms with Crippen LogP contribution in [0.2, 0.25) is 0 Å². The molecule has 1 rings (SSSR count). The zero-order chi connectivity index (χ0) is 7.07. The van der Waals surface area contributed by atoms with E-state index >= 15 is 0 Å². The maximum Gasteiger partial charge on any atom is -0.0203 e. The molecule has 0 bridgehead atoms. The van der Waals surface area contributed by atoms with E-state index in [1.807, 2.05) is 18.2 Å². The Hall–Kier alpha value is -1.00. The largest absolute Gasteiger partial charge is 0.125 e. The molecular formula is C10H12. The lowest BCUT2D eigenvalue weighted by atomic mass is 10.2. The summed E-state index contributed by atoms with van der Waals surface area (Å²) in [7, 11) is 0. The minimum absolute atomic E-state index is 1.15. The first-order chi connectivity index (χ1) is 5.00. The molecule has 0 aromatic carbocycles. The van der Waals surface area contributed by atoms with Gasteiger partial charge in [0.05, 0.1) is 0 Å². The summed E-state index contributed by atoms with van der Waals surface area (Å²) < 4.78 is 0. The first kappa shape index (κ1) is 7.11. The summed E-state index contributed by atoms with van der Waals surface area (Å²) in [6.45, 7) is 0. The Labute approximate surface area is 62.3 Å². The molecule has 0 aliphatic heterocycles. The van der Waals surface area contributed by atoms with Crippen LogP contribution >= 0.6 is 0 Å². The molecule has 0 spiro atoms. The maximum atomic E-state index is 3.08. The minimum Gasteiger partial charge on any atom is -0.125 e. The van der Waals surface area contributed by atoms with Crippen LogP contribution in [0, 0.1) is 0 Å². The Bertz CT molecular complexity index is 188. The molecule has 10 heavy (non-hydrogen) atoms. The summed E-state index contributed by atoms with van der Waals surface area (Å²) in [6, 6.07) is 0. The van der Waals surface area contributed by atoms with E-state index in [9.17, 15) is 0 Å². The van der Waals surface area contributed by atoms with Gasteiger partial charge >= 0.3 is 0 Å². The third-order valence-corrected chi connectivity index (χ3v) is 1.39. The highest BCUT2D eigenvalue weighted by molar-refractivity contribution is 5.11. The molecule has 0 N–H and O–H groups in total. The first-order valence-electron chi connectivity index (χ1n) is 3.73. The van der Waals surface area contributed by atoms with Crippen LogP contribution in [0.1, 0.15) is 19.3 Å². The fourth-order valence-corrected chi connectivity index (χ4v) is 0.839. The Morgan fingerprint density at radius 1 is 1.00 bits per heavy atom. The average Bonchev–Trinajstić information content (AvgIpc) is 2.01. The molecule has 0 amide bonds. The van der Waals surface area contributed by atoms with Crippen LogP contribution in [0.15, 0.2) is 42.2 Å². The van der Waals surface area contributed by atoms with Crippen LogP contribution in [0.4, 0.5) is 0 Å². The third kappa shape index (κ3) is 3.11. The molecule has 52 valence electrons. The molecule has 0 aromatic heterocycles. The number of rotatable bonds is 0. The molecule has 0 nitrogen and oxygen atoms in total. The summed E-state index contributed by atoms with van der Waals surface area (Å²) in [5.74, 6) is 0. The number of allylic oxidation sites excluding steroid dienone is 5. The van der Waals surface area contributed by atoms with Crippen molar-refractivity contribution in [3.05, 3.63) is 42.2 Å². The first-order valence-corrected chi connectivity index (χ1v) is 3.73. The second-order valence-corrected chi connectivity index (χ2v) is 2.28. The molecule has 1 aliphatic carbocycles. The molecule has 0 radical (unpaired) electrons. The lowest BCUT2D eigenvalue weighted by molar-refractivity contribution is 0.869. The van der Waals surface area contributed by atoms with E-state index in [4.69, 9.17) is 0 Å². The maximum absolute atomic E-state index is 3.08. The third-order valence-electron chi connectivity index (χ3n) is 1.39. The minimum atomic E-state index is 1.15. The van der Waals surface area contributed by atoms with Crippen LogP contribution in [-0.4, -0.2) is 0 Å². The van der Waals surface area contributed by atoms with Gasteiger partial charge in [-0.2, -0.15) is 0 Å². The molecule has 0 unspecified atom stereocenters. The van der Waals surface area contributed by atoms with Gasteiger partial charge in [-0.15, -0.1) is 5.73 Å². The van der Waals surface area contributed by atoms with Crippen molar-refractivity contribution in [2.24, 2.45) is 0 Å². The number of hydrogen-bond donors (Lipinski definition) is 0. The molecule has 0 atom stereocenters. The fraction of sp³-hybridized carbons (Fsp3) is 0.300.